The van der Waals surface area contributed by atoms with Gasteiger partial charge >= 0.3 is 0 Å². The number of hydrogen-bond acceptors (Lipinski definition) is 6. The lowest BCUT2D eigenvalue weighted by Gasteiger charge is -2.17. The molecule has 1 aromatic heterocycles. The number of methoxy groups -OCH3 is 2. The molecule has 0 atom stereocenters. The summed E-state index contributed by atoms with van der Waals surface area (Å²) in [5.41, 5.74) is 2.91. The van der Waals surface area contributed by atoms with Crippen molar-refractivity contribution in [2.75, 3.05) is 32.6 Å². The Kier molecular flexibility index (Phi) is 8.99. The number of benzene rings is 2. The normalized spacial score (nSPS) is 11.0. The van der Waals surface area contributed by atoms with E-state index in [4.69, 9.17) is 14.2 Å². The van der Waals surface area contributed by atoms with Gasteiger partial charge in [-0.1, -0.05) is 32.4 Å². The highest BCUT2D eigenvalue weighted by molar-refractivity contribution is 5.97. The smallest absolute Gasteiger partial charge is 0.171 e. The highest BCUT2D eigenvalue weighted by Crippen LogP contribution is 2.40. The predicted molar refractivity (Wildman–Crippen MR) is 131 cm³/mol. The molecule has 3 rings (SSSR count). The van der Waals surface area contributed by atoms with E-state index in [9.17, 15) is 0 Å². The van der Waals surface area contributed by atoms with Crippen LogP contribution in [-0.2, 0) is 6.61 Å². The third-order valence-corrected chi connectivity index (χ3v) is 5.29. The zero-order chi connectivity index (χ0) is 22.8. The van der Waals surface area contributed by atoms with Gasteiger partial charge in [0.2, 0.25) is 0 Å². The number of fused-ring (bicyclic) bond motifs is 1. The molecule has 0 bridgehead atoms. The maximum absolute atomic E-state index is 6.20. The third-order valence-electron chi connectivity index (χ3n) is 5.29. The Morgan fingerprint density at radius 3 is 2.44 bits per heavy atom. The summed E-state index contributed by atoms with van der Waals surface area (Å²) >= 11 is 0. The maximum atomic E-state index is 6.20. The molecule has 32 heavy (non-hydrogen) atoms. The van der Waals surface area contributed by atoms with Gasteiger partial charge in [0.1, 0.15) is 12.4 Å². The van der Waals surface area contributed by atoms with Crippen LogP contribution in [-0.4, -0.2) is 38.3 Å². The summed E-state index contributed by atoms with van der Waals surface area (Å²) in [6, 6.07) is 14.3. The van der Waals surface area contributed by atoms with Crippen molar-refractivity contribution in [3.8, 4) is 17.2 Å². The Morgan fingerprint density at radius 2 is 1.72 bits per heavy atom. The van der Waals surface area contributed by atoms with Crippen molar-refractivity contribution >= 4 is 16.6 Å². The van der Waals surface area contributed by atoms with Crippen LogP contribution in [0.3, 0.4) is 0 Å². The van der Waals surface area contributed by atoms with Crippen molar-refractivity contribution < 1.29 is 14.2 Å². The van der Waals surface area contributed by atoms with Crippen molar-refractivity contribution in [1.29, 1.82) is 0 Å². The number of ether oxygens (including phenoxy) is 3. The fraction of sp³-hybridized carbons (Fsp3) is 0.423. The predicted octanol–water partition coefficient (Wildman–Crippen LogP) is 5.41. The Morgan fingerprint density at radius 1 is 0.938 bits per heavy atom. The Bertz CT molecular complexity index is 974. The van der Waals surface area contributed by atoms with Crippen LogP contribution in [0.4, 0.5) is 5.69 Å². The van der Waals surface area contributed by atoms with Crippen molar-refractivity contribution in [3.63, 3.8) is 0 Å². The molecule has 0 spiro atoms. The topological polar surface area (TPSA) is 64.6 Å². The first-order chi connectivity index (χ1) is 15.6. The van der Waals surface area contributed by atoms with Crippen LogP contribution in [0, 0.1) is 0 Å². The van der Waals surface area contributed by atoms with Crippen LogP contribution in [0.5, 0.6) is 17.2 Å². The fourth-order valence-electron chi connectivity index (χ4n) is 3.55. The molecule has 0 unspecified atom stereocenters. The Labute approximate surface area is 191 Å². The van der Waals surface area contributed by atoms with Gasteiger partial charge in [0.25, 0.3) is 0 Å². The van der Waals surface area contributed by atoms with Crippen molar-refractivity contribution in [3.05, 3.63) is 54.2 Å². The lowest BCUT2D eigenvalue weighted by atomic mass is 10.1. The number of hydrogen-bond donors (Lipinski definition) is 2. The summed E-state index contributed by atoms with van der Waals surface area (Å²) in [6.45, 7) is 6.75. The molecule has 0 amide bonds. The second-order valence-electron chi connectivity index (χ2n) is 8.09. The lowest BCUT2D eigenvalue weighted by Crippen LogP contribution is -2.23. The molecule has 0 fully saturated rings. The number of aromatic nitrogens is 1. The number of rotatable bonds is 13. The highest BCUT2D eigenvalue weighted by atomic mass is 16.5. The molecule has 1 heterocycles. The van der Waals surface area contributed by atoms with Gasteiger partial charge in [0.05, 0.1) is 25.4 Å². The second-order valence-corrected chi connectivity index (χ2v) is 8.09. The van der Waals surface area contributed by atoms with Crippen LogP contribution < -0.4 is 24.8 Å². The van der Waals surface area contributed by atoms with Crippen molar-refractivity contribution in [1.82, 2.24) is 10.3 Å². The zero-order valence-electron chi connectivity index (χ0n) is 19.6. The van der Waals surface area contributed by atoms with Crippen LogP contribution in [0.15, 0.2) is 48.7 Å². The molecular formula is C26H35N3O3. The van der Waals surface area contributed by atoms with Gasteiger partial charge in [-0.2, -0.15) is 0 Å². The zero-order valence-corrected chi connectivity index (χ0v) is 19.6. The van der Waals surface area contributed by atoms with Gasteiger partial charge in [0.15, 0.2) is 11.5 Å². The number of unbranched alkanes of at least 4 members (excludes halogenated alkanes) is 2. The van der Waals surface area contributed by atoms with E-state index in [1.807, 2.05) is 48.7 Å². The largest absolute Gasteiger partial charge is 0.497 e. The maximum Gasteiger partial charge on any atom is 0.171 e. The standard InChI is InChI=1S/C26H35N3O3/c1-19(2)27-14-6-5-7-15-28-23-17-24(31-4)26(22-9-8-16-29-25(22)23)32-18-20-10-12-21(30-3)13-11-20/h8-13,16-17,19,27-28H,5-7,14-15,18H2,1-4H3. The molecule has 6 heteroatoms. The van der Waals surface area contributed by atoms with Gasteiger partial charge in [-0.05, 0) is 49.2 Å². The van der Waals surface area contributed by atoms with Gasteiger partial charge in [-0.3, -0.25) is 4.98 Å². The van der Waals surface area contributed by atoms with E-state index in [0.29, 0.717) is 24.1 Å². The summed E-state index contributed by atoms with van der Waals surface area (Å²) in [5.74, 6) is 2.23. The number of pyridine rings is 1. The number of nitrogens with one attached hydrogen (secondary N) is 2. The van der Waals surface area contributed by atoms with E-state index in [1.165, 1.54) is 12.8 Å². The minimum Gasteiger partial charge on any atom is -0.497 e. The molecule has 0 aliphatic carbocycles. The monoisotopic (exact) mass is 437 g/mol. The van der Waals surface area contributed by atoms with E-state index in [1.54, 1.807) is 14.2 Å². The first-order valence-electron chi connectivity index (χ1n) is 11.3. The first-order valence-corrected chi connectivity index (χ1v) is 11.3. The van der Waals surface area contributed by atoms with Crippen LogP contribution in [0.25, 0.3) is 10.9 Å². The highest BCUT2D eigenvalue weighted by Gasteiger charge is 2.15. The van der Waals surface area contributed by atoms with E-state index in [-0.39, 0.29) is 0 Å². The van der Waals surface area contributed by atoms with Crippen molar-refractivity contribution in [2.24, 2.45) is 0 Å². The molecule has 2 N–H and O–H groups in total. The summed E-state index contributed by atoms with van der Waals surface area (Å²) < 4.78 is 17.1. The van der Waals surface area contributed by atoms with Crippen LogP contribution in [0.1, 0.15) is 38.7 Å². The Balaban J connectivity index is 1.68. The van der Waals surface area contributed by atoms with E-state index in [0.717, 1.165) is 47.4 Å². The molecule has 0 aliphatic rings. The minimum absolute atomic E-state index is 0.432. The Hall–Kier alpha value is -2.99. The fourth-order valence-corrected chi connectivity index (χ4v) is 3.55. The van der Waals surface area contributed by atoms with Gasteiger partial charge < -0.3 is 24.8 Å². The van der Waals surface area contributed by atoms with Crippen molar-refractivity contribution in [2.45, 2.75) is 45.8 Å². The molecule has 6 nitrogen and oxygen atoms in total. The molecule has 0 aliphatic heterocycles. The molecular weight excluding hydrogens is 402 g/mol. The molecule has 3 aromatic rings. The van der Waals surface area contributed by atoms with E-state index in [2.05, 4.69) is 29.5 Å². The molecule has 0 radical (unpaired) electrons. The van der Waals surface area contributed by atoms with Crippen LogP contribution in [0.2, 0.25) is 0 Å². The van der Waals surface area contributed by atoms with E-state index < -0.39 is 0 Å². The first kappa shape index (κ1) is 23.7. The SMILES string of the molecule is COc1ccc(COc2c(OC)cc(NCCCCCNC(C)C)c3ncccc23)cc1. The molecule has 2 aromatic carbocycles. The van der Waals surface area contributed by atoms with Crippen LogP contribution >= 0.6 is 0 Å². The average molecular weight is 438 g/mol. The van der Waals surface area contributed by atoms with Gasteiger partial charge in [-0.25, -0.2) is 0 Å². The number of nitrogens with zero attached hydrogens (tertiary/aromatic N) is 1. The average Bonchev–Trinajstić information content (AvgIpc) is 2.82. The lowest BCUT2D eigenvalue weighted by molar-refractivity contribution is 0.288. The van der Waals surface area contributed by atoms with E-state index >= 15 is 0 Å². The molecule has 172 valence electrons. The minimum atomic E-state index is 0.432. The summed E-state index contributed by atoms with van der Waals surface area (Å²) in [6.07, 6.45) is 5.27. The molecule has 0 saturated carbocycles. The van der Waals surface area contributed by atoms with Gasteiger partial charge in [0, 0.05) is 30.2 Å². The summed E-state index contributed by atoms with van der Waals surface area (Å²) in [4.78, 5) is 4.62. The second kappa shape index (κ2) is 12.2. The summed E-state index contributed by atoms with van der Waals surface area (Å²) in [5, 5.41) is 7.94. The van der Waals surface area contributed by atoms with Gasteiger partial charge in [-0.15, -0.1) is 0 Å². The quantitative estimate of drug-likeness (QED) is 0.349. The molecule has 0 saturated heterocycles. The third kappa shape index (κ3) is 6.50. The summed E-state index contributed by atoms with van der Waals surface area (Å²) in [7, 11) is 3.33. The number of anilines is 1.